The summed E-state index contributed by atoms with van der Waals surface area (Å²) in [7, 11) is -1.00. The largest absolute Gasteiger partial charge is 0.383 e. The van der Waals surface area contributed by atoms with Crippen molar-refractivity contribution < 1.29 is 24.1 Å². The Morgan fingerprint density at radius 3 is 2.15 bits per heavy atom. The summed E-state index contributed by atoms with van der Waals surface area (Å²) >= 11 is 0. The molecule has 0 aliphatic rings. The first-order chi connectivity index (χ1) is 18.6. The molecule has 0 aliphatic heterocycles. The number of nitrogens with one attached hydrogen (secondary N) is 2. The molecule has 0 bridgehead atoms. The maximum absolute atomic E-state index is 13.1. The molecule has 12 nitrogen and oxygen atoms in total. The average molecular weight is 548 g/mol. The van der Waals surface area contributed by atoms with Gasteiger partial charge in [0.15, 0.2) is 17.5 Å². The molecule has 2 heterocycles. The van der Waals surface area contributed by atoms with Gasteiger partial charge < -0.3 is 16.8 Å². The smallest absolute Gasteiger partial charge is 0.357 e. The fraction of sp³-hybridized carbons (Fsp3) is 0.0833. The zero-order chi connectivity index (χ0) is 29.2. The van der Waals surface area contributed by atoms with Crippen LogP contribution < -0.4 is 28.2 Å². The molecule has 0 spiro atoms. The second-order valence-electron chi connectivity index (χ2n) is 6.41. The van der Waals surface area contributed by atoms with Crippen molar-refractivity contribution in [3.63, 3.8) is 0 Å². The van der Waals surface area contributed by atoms with E-state index in [4.69, 9.17) is 12.8 Å². The summed E-state index contributed by atoms with van der Waals surface area (Å²) in [6.07, 6.45) is 2.93. The lowest BCUT2D eigenvalue weighted by Crippen LogP contribution is -2.33. The number of carbonyl (C=O) groups excluding carboxylic acids is 2. The molecular weight excluding hydrogens is 521 g/mol. The molecule has 4 aromatic rings. The number of aliphatic imine (C=N–C) groups is 1. The van der Waals surface area contributed by atoms with Gasteiger partial charge in [-0.1, -0.05) is 43.8 Å². The number of aromatic amines is 1. The van der Waals surface area contributed by atoms with Gasteiger partial charge in [0.05, 0.1) is 26.6 Å². The van der Waals surface area contributed by atoms with E-state index < -0.39 is 42.0 Å². The first kappa shape index (κ1) is 31.5. The zero-order valence-electron chi connectivity index (χ0n) is 20.3. The molecule has 0 aliphatic carbocycles. The molecule has 15 heteroatoms. The van der Waals surface area contributed by atoms with Crippen molar-refractivity contribution in [2.45, 2.75) is 7.43 Å². The van der Waals surface area contributed by atoms with Crippen LogP contribution in [0.3, 0.4) is 0 Å². The first-order valence-electron chi connectivity index (χ1n) is 10.7. The van der Waals surface area contributed by atoms with Crippen molar-refractivity contribution in [3.8, 4) is 0 Å². The lowest BCUT2D eigenvalue weighted by molar-refractivity contribution is 0.252. The maximum Gasteiger partial charge on any atom is 0.357 e. The van der Waals surface area contributed by atoms with Gasteiger partial charge in [0.2, 0.25) is 6.08 Å². The Bertz CT molecular complexity index is 1500. The summed E-state index contributed by atoms with van der Waals surface area (Å²) in [6, 6.07) is 16.6. The number of carbonyl (C=O) groups is 1. The minimum Gasteiger partial charge on any atom is -0.383 e. The van der Waals surface area contributed by atoms with Gasteiger partial charge in [0.25, 0.3) is 0 Å². The first-order valence-corrected chi connectivity index (χ1v) is 10.0. The second kappa shape index (κ2) is 17.8. The summed E-state index contributed by atoms with van der Waals surface area (Å²) in [5.41, 5.74) is 9.60. The molecule has 2 aromatic carbocycles. The van der Waals surface area contributed by atoms with Crippen molar-refractivity contribution in [3.05, 3.63) is 106 Å². The fourth-order valence-corrected chi connectivity index (χ4v) is 2.24. The van der Waals surface area contributed by atoms with Crippen molar-refractivity contribution in [2.24, 2.45) is 4.99 Å². The molecule has 2 aromatic heterocycles. The molecular formula is C24H25F3N8O4. The highest BCUT2D eigenvalue weighted by atomic mass is 19.1. The number of benzene rings is 2. The van der Waals surface area contributed by atoms with E-state index in [1.54, 1.807) is 42.5 Å². The van der Waals surface area contributed by atoms with E-state index in [2.05, 4.69) is 20.3 Å². The highest BCUT2D eigenvalue weighted by molar-refractivity contribution is 5.90. The predicted octanol–water partition coefficient (Wildman–Crippen LogP) is 3.41. The van der Waals surface area contributed by atoms with E-state index in [9.17, 15) is 32.3 Å². The van der Waals surface area contributed by atoms with Crippen LogP contribution in [0.5, 0.6) is 0 Å². The number of para-hydroxylation sites is 2. The third-order valence-corrected chi connectivity index (χ3v) is 3.88. The van der Waals surface area contributed by atoms with E-state index in [1.165, 1.54) is 6.08 Å². The number of alkyl halides is 1. The molecule has 4 rings (SSSR count). The van der Waals surface area contributed by atoms with E-state index >= 15 is 0 Å². The van der Waals surface area contributed by atoms with Crippen LogP contribution in [-0.4, -0.2) is 38.8 Å². The third-order valence-electron chi connectivity index (χ3n) is 3.88. The monoisotopic (exact) mass is 547 g/mol. The number of H-pyrrole nitrogens is 1. The van der Waals surface area contributed by atoms with E-state index in [0.717, 1.165) is 6.20 Å². The fourth-order valence-electron chi connectivity index (χ4n) is 2.24. The van der Waals surface area contributed by atoms with Crippen molar-refractivity contribution in [2.75, 3.05) is 23.9 Å². The Labute approximate surface area is 221 Å². The highest BCUT2D eigenvalue weighted by Gasteiger charge is 2.11. The van der Waals surface area contributed by atoms with E-state index in [-0.39, 0.29) is 13.2 Å². The number of anilines is 3. The summed E-state index contributed by atoms with van der Waals surface area (Å²) in [6.45, 7) is 0. The number of rotatable bonds is 2. The molecule has 0 saturated heterocycles. The van der Waals surface area contributed by atoms with Gasteiger partial charge in [0, 0.05) is 5.69 Å². The van der Waals surface area contributed by atoms with Crippen molar-refractivity contribution in [1.29, 1.82) is 0 Å². The van der Waals surface area contributed by atoms with Gasteiger partial charge in [-0.2, -0.15) is 15.0 Å². The van der Waals surface area contributed by atoms with E-state index in [1.807, 2.05) is 23.2 Å². The third kappa shape index (κ3) is 11.8. The van der Waals surface area contributed by atoms with Crippen LogP contribution >= 0.6 is 0 Å². The summed E-state index contributed by atoms with van der Waals surface area (Å²) < 4.78 is 41.3. The Morgan fingerprint density at radius 2 is 1.64 bits per heavy atom. The molecule has 1 amide bonds. The minimum absolute atomic E-state index is 0. The standard InChI is InChI=1S/C11H9FN4O2.C7H5NO.C4H4FN3O.CH3F.CH4/c12-8-6-16(11(18)15-9(8)13)10(17)14-7-4-2-1-3-5-7;9-6-8-7-4-2-1-3-5-7;5-2-1-7-4(9)8-3(2)6;1-2;/h1-6H,(H,14,17)(H2,13,15,18);1-5H;1H,(H3,6,7,8,9);1H3;1H4/i;;;1D;. The zero-order valence-corrected chi connectivity index (χ0v) is 19.3. The average Bonchev–Trinajstić information content (AvgIpc) is 2.91. The minimum atomic E-state index is -1.00. The number of hydrogen-bond acceptors (Lipinski definition) is 9. The topological polar surface area (TPSA) is 191 Å². The summed E-state index contributed by atoms with van der Waals surface area (Å²) in [5.74, 6) is -2.47. The van der Waals surface area contributed by atoms with Crippen molar-refractivity contribution in [1.82, 2.24) is 19.5 Å². The lowest BCUT2D eigenvalue weighted by atomic mass is 10.3. The van der Waals surface area contributed by atoms with Crippen LogP contribution in [-0.2, 0) is 4.79 Å². The van der Waals surface area contributed by atoms with Gasteiger partial charge >= 0.3 is 17.4 Å². The highest BCUT2D eigenvalue weighted by Crippen LogP contribution is 2.07. The molecule has 0 radical (unpaired) electrons. The van der Waals surface area contributed by atoms with E-state index in [0.29, 0.717) is 22.1 Å². The van der Waals surface area contributed by atoms with Gasteiger partial charge in [-0.05, 0) is 24.3 Å². The molecule has 0 fully saturated rings. The van der Waals surface area contributed by atoms with Gasteiger partial charge in [-0.25, -0.2) is 32.5 Å². The number of hydrogen-bond donors (Lipinski definition) is 4. The molecule has 0 atom stereocenters. The van der Waals surface area contributed by atoms with Crippen LogP contribution in [0, 0.1) is 11.6 Å². The molecule has 0 unspecified atom stereocenters. The number of nitrogen functional groups attached to an aromatic ring is 2. The number of isocyanates is 1. The number of amides is 1. The Hall–Kier alpha value is -5.56. The SMILES string of the molecule is C.Nc1[nH]c(=O)ncc1F.Nc1nc(=O)n(C(=O)Nc2ccccc2)cc1F.O=C=Nc1ccccc1.[2H]CF. The molecule has 0 saturated carbocycles. The van der Waals surface area contributed by atoms with Gasteiger partial charge in [-0.15, -0.1) is 0 Å². The van der Waals surface area contributed by atoms with Crippen LogP contribution in [0.25, 0.3) is 0 Å². The van der Waals surface area contributed by atoms with Crippen LogP contribution in [0.1, 0.15) is 8.80 Å². The second-order valence-corrected chi connectivity index (χ2v) is 6.41. The Kier molecular flexibility index (Phi) is 14.4. The Balaban J connectivity index is 0.000000584. The normalized spacial score (nSPS) is 9.15. The van der Waals surface area contributed by atoms with Gasteiger partial charge in [0.1, 0.15) is 5.82 Å². The number of halogens is 3. The quantitative estimate of drug-likeness (QED) is 0.217. The predicted molar refractivity (Wildman–Crippen MR) is 141 cm³/mol. The Morgan fingerprint density at radius 1 is 1.08 bits per heavy atom. The molecule has 6 N–H and O–H groups in total. The van der Waals surface area contributed by atoms with Crippen LogP contribution in [0.15, 0.2) is 87.6 Å². The summed E-state index contributed by atoms with van der Waals surface area (Å²) in [4.78, 5) is 54.6. The number of nitrogens with two attached hydrogens (primary N) is 2. The molecule has 39 heavy (non-hydrogen) atoms. The van der Waals surface area contributed by atoms with Crippen LogP contribution in [0.4, 0.5) is 41.0 Å². The van der Waals surface area contributed by atoms with Crippen LogP contribution in [0.2, 0.25) is 0 Å². The maximum atomic E-state index is 13.1. The number of aromatic nitrogens is 4. The molecule has 206 valence electrons. The van der Waals surface area contributed by atoms with Gasteiger partial charge in [-0.3, -0.25) is 9.37 Å². The lowest BCUT2D eigenvalue weighted by Gasteiger charge is -2.06. The van der Waals surface area contributed by atoms with Crippen molar-refractivity contribution >= 4 is 35.1 Å². The summed E-state index contributed by atoms with van der Waals surface area (Å²) in [5, 5.41) is 2.42. The number of nitrogens with zero attached hydrogens (tertiary/aromatic N) is 4.